The molecule has 0 amide bonds. The van der Waals surface area contributed by atoms with E-state index >= 15 is 0 Å². The molecular weight excluding hydrogens is 312 g/mol. The Morgan fingerprint density at radius 1 is 0.792 bits per heavy atom. The molecule has 6 heteroatoms. The van der Waals surface area contributed by atoms with Crippen LogP contribution in [-0.4, -0.2) is 45.6 Å². The first-order valence-electron chi connectivity index (χ1n) is 6.92. The van der Waals surface area contributed by atoms with Gasteiger partial charge >= 0.3 is 11.9 Å². The lowest BCUT2D eigenvalue weighted by Gasteiger charge is -1.94. The first kappa shape index (κ1) is 21.0. The van der Waals surface area contributed by atoms with E-state index < -0.39 is 11.9 Å². The number of carboxylic acid groups (broad SMARTS) is 2. The van der Waals surface area contributed by atoms with E-state index in [1.54, 1.807) is 0 Å². The van der Waals surface area contributed by atoms with Crippen molar-refractivity contribution in [2.24, 2.45) is 0 Å². The SMILES string of the molecule is C=Cc1ccccc1.O=C(O)c1ccc(C(=O)O)cc1.OCCO. The normalized spacial score (nSPS) is 8.75. The minimum Gasteiger partial charge on any atom is -0.478 e. The minimum atomic E-state index is -1.06. The summed E-state index contributed by atoms with van der Waals surface area (Å²) in [5, 5.41) is 32.2. The smallest absolute Gasteiger partial charge is 0.335 e. The maximum Gasteiger partial charge on any atom is 0.335 e. The maximum absolute atomic E-state index is 10.3. The van der Waals surface area contributed by atoms with Gasteiger partial charge in [-0.15, -0.1) is 0 Å². The standard InChI is InChI=1S/C8H6O4.C8H8.C2H6O2/c9-7(10)5-1-2-6(4-3-5)8(11)12;1-2-8-6-4-3-5-7-8;3-1-2-4/h1-4H,(H,9,10)(H,11,12);2-7H,1H2;3-4H,1-2H2. The molecule has 2 rings (SSSR count). The Morgan fingerprint density at radius 2 is 1.17 bits per heavy atom. The van der Waals surface area contributed by atoms with Crippen LogP contribution in [0.4, 0.5) is 0 Å². The Kier molecular flexibility index (Phi) is 11.0. The topological polar surface area (TPSA) is 115 Å². The Hall–Kier alpha value is -2.96. The third-order valence-electron chi connectivity index (χ3n) is 2.51. The molecule has 0 fully saturated rings. The highest BCUT2D eigenvalue weighted by atomic mass is 16.4. The van der Waals surface area contributed by atoms with Crippen molar-refractivity contribution in [1.82, 2.24) is 0 Å². The quantitative estimate of drug-likeness (QED) is 0.683. The van der Waals surface area contributed by atoms with E-state index in [1.165, 1.54) is 29.8 Å². The lowest BCUT2D eigenvalue weighted by Crippen LogP contribution is -1.99. The van der Waals surface area contributed by atoms with E-state index in [0.717, 1.165) is 0 Å². The van der Waals surface area contributed by atoms with Crippen LogP contribution in [-0.2, 0) is 0 Å². The number of aliphatic hydroxyl groups excluding tert-OH is 2. The fourth-order valence-electron chi connectivity index (χ4n) is 1.34. The molecule has 6 nitrogen and oxygen atoms in total. The van der Waals surface area contributed by atoms with Gasteiger partial charge in [-0.25, -0.2) is 9.59 Å². The summed E-state index contributed by atoms with van der Waals surface area (Å²) in [7, 11) is 0. The third kappa shape index (κ3) is 9.14. The Balaban J connectivity index is 0.000000379. The van der Waals surface area contributed by atoms with Gasteiger partial charge in [0.05, 0.1) is 24.3 Å². The van der Waals surface area contributed by atoms with E-state index in [0.29, 0.717) is 0 Å². The zero-order valence-corrected chi connectivity index (χ0v) is 13.0. The largest absolute Gasteiger partial charge is 0.478 e. The monoisotopic (exact) mass is 332 g/mol. The van der Waals surface area contributed by atoms with Crippen LogP contribution in [0.1, 0.15) is 26.3 Å². The molecule has 0 atom stereocenters. The molecule has 0 aliphatic carbocycles. The second-order valence-electron chi connectivity index (χ2n) is 4.25. The minimum absolute atomic E-state index is 0.0833. The molecule has 0 aliphatic rings. The Morgan fingerprint density at radius 3 is 1.38 bits per heavy atom. The predicted octanol–water partition coefficient (Wildman–Crippen LogP) is 2.38. The van der Waals surface area contributed by atoms with Crippen molar-refractivity contribution in [2.75, 3.05) is 13.2 Å². The van der Waals surface area contributed by atoms with E-state index in [9.17, 15) is 9.59 Å². The van der Waals surface area contributed by atoms with E-state index in [2.05, 4.69) is 6.58 Å². The second kappa shape index (κ2) is 12.6. The molecule has 4 N–H and O–H groups in total. The molecule has 2 aromatic rings. The molecule has 0 unspecified atom stereocenters. The molecule has 0 spiro atoms. The number of carbonyl (C=O) groups is 2. The van der Waals surface area contributed by atoms with Gasteiger partial charge in [0.2, 0.25) is 0 Å². The summed E-state index contributed by atoms with van der Waals surface area (Å²) in [6.45, 7) is 3.38. The summed E-state index contributed by atoms with van der Waals surface area (Å²) in [5.41, 5.74) is 1.34. The molecule has 0 heterocycles. The number of aliphatic hydroxyl groups is 2. The molecule has 128 valence electrons. The summed E-state index contributed by atoms with van der Waals surface area (Å²) < 4.78 is 0. The van der Waals surface area contributed by atoms with E-state index in [4.69, 9.17) is 20.4 Å². The van der Waals surface area contributed by atoms with Gasteiger partial charge < -0.3 is 20.4 Å². The predicted molar refractivity (Wildman–Crippen MR) is 91.1 cm³/mol. The fraction of sp³-hybridized carbons (Fsp3) is 0.111. The van der Waals surface area contributed by atoms with Crippen molar-refractivity contribution in [3.63, 3.8) is 0 Å². The maximum atomic E-state index is 10.3. The van der Waals surface area contributed by atoms with Crippen molar-refractivity contribution >= 4 is 18.0 Å². The molecule has 0 aliphatic heterocycles. The summed E-state index contributed by atoms with van der Waals surface area (Å²) in [4.78, 5) is 20.7. The summed E-state index contributed by atoms with van der Waals surface area (Å²) in [6.07, 6.45) is 1.83. The molecule has 0 radical (unpaired) electrons. The number of rotatable bonds is 4. The molecule has 0 saturated heterocycles. The highest BCUT2D eigenvalue weighted by molar-refractivity contribution is 5.91. The highest BCUT2D eigenvalue weighted by Crippen LogP contribution is 2.03. The third-order valence-corrected chi connectivity index (χ3v) is 2.51. The zero-order chi connectivity index (χ0) is 18.4. The van der Waals surface area contributed by atoms with Gasteiger partial charge in [-0.05, 0) is 29.8 Å². The van der Waals surface area contributed by atoms with Gasteiger partial charge in [0.15, 0.2) is 0 Å². The number of hydrogen-bond donors (Lipinski definition) is 4. The first-order chi connectivity index (χ1) is 11.5. The molecule has 0 saturated carbocycles. The molecule has 0 aromatic heterocycles. The van der Waals surface area contributed by atoms with Crippen LogP contribution in [0.2, 0.25) is 0 Å². The number of aromatic carboxylic acids is 2. The van der Waals surface area contributed by atoms with E-state index in [-0.39, 0.29) is 24.3 Å². The first-order valence-corrected chi connectivity index (χ1v) is 6.92. The van der Waals surface area contributed by atoms with Crippen LogP contribution < -0.4 is 0 Å². The van der Waals surface area contributed by atoms with Gasteiger partial charge in [-0.1, -0.05) is 43.0 Å². The van der Waals surface area contributed by atoms with Crippen molar-refractivity contribution < 1.29 is 30.0 Å². The fourth-order valence-corrected chi connectivity index (χ4v) is 1.34. The lowest BCUT2D eigenvalue weighted by molar-refractivity contribution is 0.0681. The second-order valence-corrected chi connectivity index (χ2v) is 4.25. The summed E-state index contributed by atoms with van der Waals surface area (Å²) in [5.74, 6) is -2.13. The number of hydrogen-bond acceptors (Lipinski definition) is 4. The van der Waals surface area contributed by atoms with Crippen molar-refractivity contribution in [3.8, 4) is 0 Å². The average Bonchev–Trinajstić information content (AvgIpc) is 2.63. The zero-order valence-electron chi connectivity index (χ0n) is 13.0. The van der Waals surface area contributed by atoms with Crippen LogP contribution in [0, 0.1) is 0 Å². The molecular formula is C18H20O6. The summed E-state index contributed by atoms with van der Waals surface area (Å²) >= 11 is 0. The van der Waals surface area contributed by atoms with Crippen molar-refractivity contribution in [3.05, 3.63) is 77.9 Å². The number of carboxylic acids is 2. The van der Waals surface area contributed by atoms with Crippen LogP contribution in [0.15, 0.2) is 61.2 Å². The highest BCUT2D eigenvalue weighted by Gasteiger charge is 2.04. The molecule has 0 bridgehead atoms. The number of benzene rings is 2. The van der Waals surface area contributed by atoms with Gasteiger partial charge in [-0.2, -0.15) is 0 Å². The van der Waals surface area contributed by atoms with Crippen LogP contribution in [0.25, 0.3) is 6.08 Å². The molecule has 24 heavy (non-hydrogen) atoms. The van der Waals surface area contributed by atoms with Gasteiger partial charge in [0, 0.05) is 0 Å². The lowest BCUT2D eigenvalue weighted by atomic mass is 10.1. The van der Waals surface area contributed by atoms with Crippen molar-refractivity contribution in [2.45, 2.75) is 0 Å². The van der Waals surface area contributed by atoms with Crippen LogP contribution in [0.5, 0.6) is 0 Å². The summed E-state index contributed by atoms with van der Waals surface area (Å²) in [6, 6.07) is 15.1. The van der Waals surface area contributed by atoms with E-state index in [1.807, 2.05) is 36.4 Å². The van der Waals surface area contributed by atoms with Crippen LogP contribution in [0.3, 0.4) is 0 Å². The van der Waals surface area contributed by atoms with Crippen LogP contribution >= 0.6 is 0 Å². The Bertz CT molecular complexity index is 585. The molecule has 2 aromatic carbocycles. The average molecular weight is 332 g/mol. The van der Waals surface area contributed by atoms with Crippen molar-refractivity contribution in [1.29, 1.82) is 0 Å². The Labute approximate surface area is 140 Å². The van der Waals surface area contributed by atoms with Gasteiger partial charge in [0.25, 0.3) is 0 Å². The van der Waals surface area contributed by atoms with Gasteiger partial charge in [0.1, 0.15) is 0 Å². The van der Waals surface area contributed by atoms with Gasteiger partial charge in [-0.3, -0.25) is 0 Å².